The Kier molecular flexibility index (Phi) is 4.50. The van der Waals surface area contributed by atoms with Crippen molar-refractivity contribution in [3.05, 3.63) is 41.3 Å². The predicted molar refractivity (Wildman–Crippen MR) is 123 cm³/mol. The Balaban J connectivity index is 1.16. The number of aromatic nitrogens is 4. The Labute approximate surface area is 192 Å². The number of rotatable bonds is 5. The van der Waals surface area contributed by atoms with Gasteiger partial charge in [-0.1, -0.05) is 0 Å². The van der Waals surface area contributed by atoms with Gasteiger partial charge in [-0.2, -0.15) is 10.2 Å². The number of pyridine rings is 1. The lowest BCUT2D eigenvalue weighted by molar-refractivity contribution is -0.127. The van der Waals surface area contributed by atoms with Crippen LogP contribution >= 0.6 is 0 Å². The van der Waals surface area contributed by atoms with Crippen molar-refractivity contribution in [3.8, 4) is 0 Å². The zero-order valence-corrected chi connectivity index (χ0v) is 19.1. The second kappa shape index (κ2) is 7.33. The van der Waals surface area contributed by atoms with Gasteiger partial charge < -0.3 is 15.5 Å². The molecule has 1 saturated carbocycles. The highest BCUT2D eigenvalue weighted by Crippen LogP contribution is 2.53. The van der Waals surface area contributed by atoms with E-state index in [9.17, 15) is 9.59 Å². The standard InChI is InChI=1S/C24H29N7O2/c1-25-21(32)8-15-10-24(11-15)13-30(14-24)23(33)18-12-26-31-7-6-16(9-20(18)31)27-22-17-4-3-5-19(17)28-29(22)2/h6-7,9,12,15,27H,3-5,8,10-11,13-14H2,1-2H3,(H,25,32). The fraction of sp³-hybridized carbons (Fsp3) is 0.500. The summed E-state index contributed by atoms with van der Waals surface area (Å²) in [6.45, 7) is 1.54. The van der Waals surface area contributed by atoms with E-state index in [4.69, 9.17) is 0 Å². The summed E-state index contributed by atoms with van der Waals surface area (Å²) in [5.74, 6) is 1.61. The maximum Gasteiger partial charge on any atom is 0.257 e. The summed E-state index contributed by atoms with van der Waals surface area (Å²) in [5, 5.41) is 15.2. The van der Waals surface area contributed by atoms with Gasteiger partial charge in [0, 0.05) is 56.5 Å². The third kappa shape index (κ3) is 3.29. The maximum atomic E-state index is 13.2. The van der Waals surface area contributed by atoms with Crippen LogP contribution in [0.2, 0.25) is 0 Å². The molecule has 6 rings (SSSR count). The highest BCUT2D eigenvalue weighted by molar-refractivity contribution is 6.01. The van der Waals surface area contributed by atoms with Crippen molar-refractivity contribution in [1.82, 2.24) is 29.6 Å². The molecule has 2 N–H and O–H groups in total. The fourth-order valence-electron chi connectivity index (χ4n) is 6.04. The number of likely N-dealkylation sites (tertiary alicyclic amines) is 1. The molecule has 172 valence electrons. The number of aryl methyl sites for hydroxylation is 2. The topological polar surface area (TPSA) is 96.6 Å². The summed E-state index contributed by atoms with van der Waals surface area (Å²) in [6.07, 6.45) is 9.44. The molecule has 3 aromatic heterocycles. The molecular formula is C24H29N7O2. The van der Waals surface area contributed by atoms with Crippen LogP contribution in [0, 0.1) is 11.3 Å². The third-order valence-corrected chi connectivity index (χ3v) is 7.62. The Morgan fingerprint density at radius 1 is 1.24 bits per heavy atom. The molecule has 1 aliphatic heterocycles. The molecule has 4 heterocycles. The number of amides is 2. The Morgan fingerprint density at radius 3 is 2.85 bits per heavy atom. The van der Waals surface area contributed by atoms with E-state index >= 15 is 0 Å². The molecule has 33 heavy (non-hydrogen) atoms. The predicted octanol–water partition coefficient (Wildman–Crippen LogP) is 2.29. The normalized spacial score (nSPS) is 18.8. The number of carbonyl (C=O) groups excluding carboxylic acids is 2. The van der Waals surface area contributed by atoms with E-state index in [0.717, 1.165) is 62.2 Å². The van der Waals surface area contributed by atoms with Crippen LogP contribution in [0.5, 0.6) is 0 Å². The molecule has 0 aromatic carbocycles. The smallest absolute Gasteiger partial charge is 0.257 e. The van der Waals surface area contributed by atoms with Crippen LogP contribution in [0.4, 0.5) is 11.5 Å². The van der Waals surface area contributed by atoms with E-state index in [1.165, 1.54) is 11.3 Å². The summed E-state index contributed by atoms with van der Waals surface area (Å²) in [7, 11) is 3.65. The number of nitrogens with one attached hydrogen (secondary N) is 2. The Hall–Kier alpha value is -3.36. The lowest BCUT2D eigenvalue weighted by Crippen LogP contribution is -2.63. The van der Waals surface area contributed by atoms with Gasteiger partial charge in [0.05, 0.1) is 23.0 Å². The monoisotopic (exact) mass is 447 g/mol. The van der Waals surface area contributed by atoms with Crippen LogP contribution in [0.15, 0.2) is 24.5 Å². The van der Waals surface area contributed by atoms with Gasteiger partial charge in [-0.25, -0.2) is 4.52 Å². The molecule has 9 nitrogen and oxygen atoms in total. The van der Waals surface area contributed by atoms with Crippen LogP contribution in [0.25, 0.3) is 5.52 Å². The lowest BCUT2D eigenvalue weighted by Gasteiger charge is -2.59. The average molecular weight is 448 g/mol. The van der Waals surface area contributed by atoms with Crippen molar-refractivity contribution in [2.75, 3.05) is 25.5 Å². The second-order valence-electron chi connectivity index (χ2n) is 9.99. The van der Waals surface area contributed by atoms with Gasteiger partial charge >= 0.3 is 0 Å². The minimum Gasteiger partial charge on any atom is -0.359 e. The zero-order chi connectivity index (χ0) is 22.7. The fourth-order valence-corrected chi connectivity index (χ4v) is 6.04. The molecule has 0 atom stereocenters. The molecule has 3 aliphatic rings. The van der Waals surface area contributed by atoms with Gasteiger partial charge in [-0.3, -0.25) is 14.3 Å². The SMILES string of the molecule is CNC(=O)CC1CC2(C1)CN(C(=O)c1cnn3ccc(Nc4c5c(nn4C)CCC5)cc13)C2. The lowest BCUT2D eigenvalue weighted by atomic mass is 9.57. The first-order valence-electron chi connectivity index (χ1n) is 11.7. The molecule has 2 aliphatic carbocycles. The van der Waals surface area contributed by atoms with Gasteiger partial charge in [0.2, 0.25) is 5.91 Å². The van der Waals surface area contributed by atoms with Crippen LogP contribution in [-0.4, -0.2) is 56.2 Å². The minimum atomic E-state index is 0.0314. The van der Waals surface area contributed by atoms with Crippen LogP contribution < -0.4 is 10.6 Å². The van der Waals surface area contributed by atoms with E-state index in [1.807, 2.05) is 35.0 Å². The van der Waals surface area contributed by atoms with Gasteiger partial charge in [0.1, 0.15) is 5.82 Å². The van der Waals surface area contributed by atoms with Crippen molar-refractivity contribution >= 4 is 28.8 Å². The molecule has 1 spiro atoms. The molecule has 9 heteroatoms. The highest BCUT2D eigenvalue weighted by atomic mass is 16.2. The van der Waals surface area contributed by atoms with E-state index < -0.39 is 0 Å². The summed E-state index contributed by atoms with van der Waals surface area (Å²) in [5.41, 5.74) is 5.04. The molecule has 1 saturated heterocycles. The number of hydrogen-bond acceptors (Lipinski definition) is 5. The first kappa shape index (κ1) is 20.3. The van der Waals surface area contributed by atoms with Gasteiger partial charge in [0.15, 0.2) is 0 Å². The highest BCUT2D eigenvalue weighted by Gasteiger charge is 2.53. The molecule has 2 amide bonds. The van der Waals surface area contributed by atoms with Gasteiger partial charge in [0.25, 0.3) is 5.91 Å². The summed E-state index contributed by atoms with van der Waals surface area (Å²) >= 11 is 0. The molecule has 0 bridgehead atoms. The summed E-state index contributed by atoms with van der Waals surface area (Å²) in [4.78, 5) is 26.8. The molecule has 2 fully saturated rings. The largest absolute Gasteiger partial charge is 0.359 e. The van der Waals surface area contributed by atoms with Gasteiger partial charge in [-0.05, 0) is 50.2 Å². The molecule has 0 unspecified atom stereocenters. The van der Waals surface area contributed by atoms with E-state index in [2.05, 4.69) is 20.8 Å². The summed E-state index contributed by atoms with van der Waals surface area (Å²) < 4.78 is 3.66. The van der Waals surface area contributed by atoms with Crippen molar-refractivity contribution in [3.63, 3.8) is 0 Å². The van der Waals surface area contributed by atoms with Gasteiger partial charge in [-0.15, -0.1) is 0 Å². The van der Waals surface area contributed by atoms with E-state index in [-0.39, 0.29) is 17.2 Å². The quantitative estimate of drug-likeness (QED) is 0.626. The van der Waals surface area contributed by atoms with Crippen molar-refractivity contribution < 1.29 is 9.59 Å². The molecule has 3 aromatic rings. The number of nitrogens with zero attached hydrogens (tertiary/aromatic N) is 5. The third-order valence-electron chi connectivity index (χ3n) is 7.62. The Bertz CT molecular complexity index is 1260. The van der Waals surface area contributed by atoms with E-state index in [1.54, 1.807) is 17.8 Å². The van der Waals surface area contributed by atoms with Crippen LogP contribution in [0.3, 0.4) is 0 Å². The molecule has 0 radical (unpaired) electrons. The number of fused-ring (bicyclic) bond motifs is 2. The van der Waals surface area contributed by atoms with E-state index in [0.29, 0.717) is 17.9 Å². The average Bonchev–Trinajstić information content (AvgIpc) is 3.44. The van der Waals surface area contributed by atoms with Crippen molar-refractivity contribution in [2.24, 2.45) is 18.4 Å². The molecular weight excluding hydrogens is 418 g/mol. The summed E-state index contributed by atoms with van der Waals surface area (Å²) in [6, 6.07) is 3.97. The van der Waals surface area contributed by atoms with Crippen LogP contribution in [-0.2, 0) is 24.7 Å². The van der Waals surface area contributed by atoms with Crippen molar-refractivity contribution in [2.45, 2.75) is 38.5 Å². The first-order chi connectivity index (χ1) is 15.9. The minimum absolute atomic E-state index is 0.0314. The maximum absolute atomic E-state index is 13.2. The number of anilines is 2. The van der Waals surface area contributed by atoms with Crippen LogP contribution in [0.1, 0.15) is 47.3 Å². The van der Waals surface area contributed by atoms with Crippen molar-refractivity contribution in [1.29, 1.82) is 0 Å². The number of hydrogen-bond donors (Lipinski definition) is 2. The number of carbonyl (C=O) groups is 2. The zero-order valence-electron chi connectivity index (χ0n) is 19.1. The Morgan fingerprint density at radius 2 is 2.06 bits per heavy atom. The second-order valence-corrected chi connectivity index (χ2v) is 9.99. The first-order valence-corrected chi connectivity index (χ1v) is 11.7.